The van der Waals surface area contributed by atoms with Crippen molar-refractivity contribution in [3.63, 3.8) is 0 Å². The number of thioether (sulfide) groups is 1. The van der Waals surface area contributed by atoms with Crippen LogP contribution in [0.1, 0.15) is 22.8 Å². The van der Waals surface area contributed by atoms with Gasteiger partial charge in [0, 0.05) is 16.0 Å². The molecule has 6 heteroatoms. The molecule has 0 saturated carbocycles. The quantitative estimate of drug-likeness (QED) is 0.432. The first-order valence-corrected chi connectivity index (χ1v) is 8.58. The number of carbonyl (C=O) groups is 2. The average Bonchev–Trinajstić information content (AvgIpc) is 2.59. The molecule has 0 bridgehead atoms. The predicted octanol–water partition coefficient (Wildman–Crippen LogP) is 4.30. The Balaban J connectivity index is 2.13. The van der Waals surface area contributed by atoms with Gasteiger partial charge in [-0.15, -0.1) is 11.8 Å². The van der Waals surface area contributed by atoms with Gasteiger partial charge in [-0.25, -0.2) is 4.39 Å². The standard InChI is InChI=1S/C19H17FO4S/c1-2-24-17-6-4-3-5-13(17)7-9-16(21)14-8-10-18(15(20)11-14)25-12-19(22)23/h3-11H,2,12H2,1H3,(H,22,23)/b9-7+. The van der Waals surface area contributed by atoms with Crippen molar-refractivity contribution < 1.29 is 23.8 Å². The molecule has 1 N–H and O–H groups in total. The molecular weight excluding hydrogens is 343 g/mol. The minimum atomic E-state index is -1.03. The molecule has 0 fully saturated rings. The number of benzene rings is 2. The van der Waals surface area contributed by atoms with Crippen LogP contribution in [0.25, 0.3) is 6.08 Å². The Morgan fingerprint density at radius 1 is 1.24 bits per heavy atom. The van der Waals surface area contributed by atoms with Crippen molar-refractivity contribution in [1.29, 1.82) is 0 Å². The molecule has 0 unspecified atom stereocenters. The predicted molar refractivity (Wildman–Crippen MR) is 95.7 cm³/mol. The van der Waals surface area contributed by atoms with Gasteiger partial charge in [-0.05, 0) is 43.3 Å². The van der Waals surface area contributed by atoms with Crippen molar-refractivity contribution in [3.8, 4) is 5.75 Å². The van der Waals surface area contributed by atoms with Gasteiger partial charge in [0.15, 0.2) is 5.78 Å². The largest absolute Gasteiger partial charge is 0.493 e. The maximum absolute atomic E-state index is 14.0. The van der Waals surface area contributed by atoms with Crippen molar-refractivity contribution in [2.24, 2.45) is 0 Å². The second-order valence-electron chi connectivity index (χ2n) is 5.00. The smallest absolute Gasteiger partial charge is 0.313 e. The van der Waals surface area contributed by atoms with Crippen molar-refractivity contribution in [3.05, 3.63) is 65.5 Å². The molecule has 0 amide bonds. The highest BCUT2D eigenvalue weighted by atomic mass is 32.2. The Morgan fingerprint density at radius 3 is 2.68 bits per heavy atom. The summed E-state index contributed by atoms with van der Waals surface area (Å²) in [7, 11) is 0. The van der Waals surface area contributed by atoms with E-state index in [0.717, 1.165) is 23.4 Å². The summed E-state index contributed by atoms with van der Waals surface area (Å²) in [6.07, 6.45) is 2.98. The molecule has 0 atom stereocenters. The third-order valence-corrected chi connectivity index (χ3v) is 4.23. The van der Waals surface area contributed by atoms with Gasteiger partial charge in [-0.3, -0.25) is 9.59 Å². The van der Waals surface area contributed by atoms with Gasteiger partial charge >= 0.3 is 5.97 Å². The first kappa shape index (κ1) is 18.7. The van der Waals surface area contributed by atoms with E-state index in [1.165, 1.54) is 18.2 Å². The number of hydrogen-bond donors (Lipinski definition) is 1. The lowest BCUT2D eigenvalue weighted by molar-refractivity contribution is -0.133. The van der Waals surface area contributed by atoms with Crippen molar-refractivity contribution in [2.45, 2.75) is 11.8 Å². The van der Waals surface area contributed by atoms with Crippen molar-refractivity contribution in [1.82, 2.24) is 0 Å². The highest BCUT2D eigenvalue weighted by Crippen LogP contribution is 2.23. The Labute approximate surface area is 149 Å². The number of carbonyl (C=O) groups excluding carboxylic acids is 1. The summed E-state index contributed by atoms with van der Waals surface area (Å²) in [5.74, 6) is -1.56. The average molecular weight is 360 g/mol. The van der Waals surface area contributed by atoms with Gasteiger partial charge < -0.3 is 9.84 Å². The number of allylic oxidation sites excluding steroid dienone is 1. The van der Waals surface area contributed by atoms with Crippen LogP contribution in [0.3, 0.4) is 0 Å². The van der Waals surface area contributed by atoms with Gasteiger partial charge in [0.2, 0.25) is 0 Å². The number of ketones is 1. The fourth-order valence-electron chi connectivity index (χ4n) is 2.08. The first-order valence-electron chi connectivity index (χ1n) is 7.59. The molecule has 0 aliphatic heterocycles. The summed E-state index contributed by atoms with van der Waals surface area (Å²) in [5.41, 5.74) is 0.953. The lowest BCUT2D eigenvalue weighted by Crippen LogP contribution is -2.00. The molecule has 2 aromatic rings. The fraction of sp³-hybridized carbons (Fsp3) is 0.158. The Kier molecular flexibility index (Phi) is 6.77. The molecule has 0 aliphatic carbocycles. The number of carboxylic acid groups (broad SMARTS) is 1. The van der Waals surface area contributed by atoms with E-state index in [4.69, 9.17) is 9.84 Å². The van der Waals surface area contributed by atoms with Gasteiger partial charge in [0.25, 0.3) is 0 Å². The lowest BCUT2D eigenvalue weighted by atomic mass is 10.1. The molecule has 2 rings (SSSR count). The molecular formula is C19H17FO4S. The molecule has 4 nitrogen and oxygen atoms in total. The fourth-order valence-corrected chi connectivity index (χ4v) is 2.72. The van der Waals surface area contributed by atoms with Crippen LogP contribution in [-0.4, -0.2) is 29.2 Å². The van der Waals surface area contributed by atoms with Crippen LogP contribution in [0.5, 0.6) is 5.75 Å². The maximum atomic E-state index is 14.0. The van der Waals surface area contributed by atoms with E-state index < -0.39 is 11.8 Å². The monoisotopic (exact) mass is 360 g/mol. The van der Waals surface area contributed by atoms with E-state index in [9.17, 15) is 14.0 Å². The van der Waals surface area contributed by atoms with Gasteiger partial charge in [-0.2, -0.15) is 0 Å². The number of aliphatic carboxylic acids is 1. The lowest BCUT2D eigenvalue weighted by Gasteiger charge is -2.06. The van der Waals surface area contributed by atoms with E-state index in [1.54, 1.807) is 6.08 Å². The number of ether oxygens (including phenoxy) is 1. The summed E-state index contributed by atoms with van der Waals surface area (Å²) < 4.78 is 19.5. The molecule has 130 valence electrons. The van der Waals surface area contributed by atoms with E-state index in [1.807, 2.05) is 31.2 Å². The molecule has 0 radical (unpaired) electrons. The van der Waals surface area contributed by atoms with Crippen LogP contribution >= 0.6 is 11.8 Å². The zero-order valence-electron chi connectivity index (χ0n) is 13.6. The second-order valence-corrected chi connectivity index (χ2v) is 6.01. The van der Waals surface area contributed by atoms with Crippen molar-refractivity contribution >= 4 is 29.6 Å². The second kappa shape index (κ2) is 9.03. The van der Waals surface area contributed by atoms with Crippen LogP contribution < -0.4 is 4.74 Å². The molecule has 0 heterocycles. The van der Waals surface area contributed by atoms with E-state index in [-0.39, 0.29) is 22.0 Å². The van der Waals surface area contributed by atoms with Crippen LogP contribution in [0.15, 0.2) is 53.4 Å². The minimum absolute atomic E-state index is 0.197. The van der Waals surface area contributed by atoms with Crippen LogP contribution in [0.4, 0.5) is 4.39 Å². The first-order chi connectivity index (χ1) is 12.0. The highest BCUT2D eigenvalue weighted by Gasteiger charge is 2.10. The number of para-hydroxylation sites is 1. The molecule has 0 saturated heterocycles. The van der Waals surface area contributed by atoms with Crippen molar-refractivity contribution in [2.75, 3.05) is 12.4 Å². The summed E-state index contributed by atoms with van der Waals surface area (Å²) in [6.45, 7) is 2.39. The molecule has 0 aromatic heterocycles. The summed E-state index contributed by atoms with van der Waals surface area (Å²) in [4.78, 5) is 23.0. The zero-order chi connectivity index (χ0) is 18.2. The van der Waals surface area contributed by atoms with Crippen LogP contribution in [0, 0.1) is 5.82 Å². The van der Waals surface area contributed by atoms with Gasteiger partial charge in [-0.1, -0.05) is 18.2 Å². The molecule has 2 aromatic carbocycles. The van der Waals surface area contributed by atoms with E-state index in [2.05, 4.69) is 0 Å². The van der Waals surface area contributed by atoms with E-state index in [0.29, 0.717) is 12.4 Å². The Bertz CT molecular complexity index is 802. The zero-order valence-corrected chi connectivity index (χ0v) is 14.4. The van der Waals surface area contributed by atoms with Crippen LogP contribution in [0.2, 0.25) is 0 Å². The number of rotatable bonds is 8. The highest BCUT2D eigenvalue weighted by molar-refractivity contribution is 8.00. The molecule has 0 spiro atoms. The van der Waals surface area contributed by atoms with Gasteiger partial charge in [0.05, 0.1) is 12.4 Å². The summed E-state index contributed by atoms with van der Waals surface area (Å²) >= 11 is 0.873. The molecule has 0 aliphatic rings. The SMILES string of the molecule is CCOc1ccccc1/C=C/C(=O)c1ccc(SCC(=O)O)c(F)c1. The number of hydrogen-bond acceptors (Lipinski definition) is 4. The van der Waals surface area contributed by atoms with E-state index >= 15 is 0 Å². The van der Waals surface area contributed by atoms with Crippen LogP contribution in [-0.2, 0) is 4.79 Å². The number of carboxylic acids is 1. The maximum Gasteiger partial charge on any atom is 0.313 e. The topological polar surface area (TPSA) is 63.6 Å². The third kappa shape index (κ3) is 5.46. The summed E-state index contributed by atoms with van der Waals surface area (Å²) in [6, 6.07) is 11.3. The summed E-state index contributed by atoms with van der Waals surface area (Å²) in [5, 5.41) is 8.63. The Hall–Kier alpha value is -2.60. The molecule has 25 heavy (non-hydrogen) atoms. The van der Waals surface area contributed by atoms with Gasteiger partial charge in [0.1, 0.15) is 11.6 Å². The third-order valence-electron chi connectivity index (χ3n) is 3.20. The minimum Gasteiger partial charge on any atom is -0.493 e. The number of halogens is 1. The Morgan fingerprint density at radius 2 is 2.00 bits per heavy atom. The normalized spacial score (nSPS) is 10.8.